The zero-order chi connectivity index (χ0) is 14.5. The lowest BCUT2D eigenvalue weighted by Crippen LogP contribution is -1.98. The molecule has 6 nitrogen and oxygen atoms in total. The van der Waals surface area contributed by atoms with Crippen LogP contribution in [0.1, 0.15) is 11.1 Å². The van der Waals surface area contributed by atoms with Crippen molar-refractivity contribution in [1.29, 1.82) is 0 Å². The molecule has 0 saturated carbocycles. The summed E-state index contributed by atoms with van der Waals surface area (Å²) in [5.41, 5.74) is 3.56. The van der Waals surface area contributed by atoms with Gasteiger partial charge in [0.2, 0.25) is 0 Å². The Morgan fingerprint density at radius 3 is 2.40 bits per heavy atom. The molecular weight excluding hydrogens is 260 g/mol. The third-order valence-electron chi connectivity index (χ3n) is 2.95. The fourth-order valence-corrected chi connectivity index (χ4v) is 1.91. The number of nitro benzene ring substituents is 1. The molecule has 0 unspecified atom stereocenters. The molecular formula is C14H14N2O4. The third kappa shape index (κ3) is 3.04. The fraction of sp³-hybridized carbons (Fsp3) is 0.143. The molecule has 20 heavy (non-hydrogen) atoms. The van der Waals surface area contributed by atoms with E-state index in [4.69, 9.17) is 9.94 Å². The molecule has 2 aromatic carbocycles. The van der Waals surface area contributed by atoms with Gasteiger partial charge in [0.25, 0.3) is 5.69 Å². The second-order valence-corrected chi connectivity index (χ2v) is 4.25. The van der Waals surface area contributed by atoms with Crippen molar-refractivity contribution in [3.05, 3.63) is 63.7 Å². The molecule has 6 heteroatoms. The Morgan fingerprint density at radius 1 is 1.20 bits per heavy atom. The molecule has 0 radical (unpaired) electrons. The van der Waals surface area contributed by atoms with E-state index in [9.17, 15) is 10.1 Å². The largest absolute Gasteiger partial charge is 0.497 e. The molecule has 0 aliphatic carbocycles. The highest BCUT2D eigenvalue weighted by molar-refractivity contribution is 5.61. The highest BCUT2D eigenvalue weighted by atomic mass is 16.6. The highest BCUT2D eigenvalue weighted by Gasteiger charge is 2.14. The van der Waals surface area contributed by atoms with E-state index in [0.717, 1.165) is 16.9 Å². The van der Waals surface area contributed by atoms with Crippen LogP contribution in [0.25, 0.3) is 0 Å². The maximum atomic E-state index is 10.9. The minimum atomic E-state index is -0.532. The summed E-state index contributed by atoms with van der Waals surface area (Å²) < 4.78 is 5.07. The molecule has 0 bridgehead atoms. The van der Waals surface area contributed by atoms with Gasteiger partial charge in [-0.25, -0.2) is 0 Å². The SMILES string of the molecule is COc1ccc(Cc2ccc(NO)c([N+](=O)[O-])c2)cc1. The molecule has 0 heterocycles. The fourth-order valence-electron chi connectivity index (χ4n) is 1.91. The van der Waals surface area contributed by atoms with E-state index < -0.39 is 4.92 Å². The first-order valence-corrected chi connectivity index (χ1v) is 5.94. The maximum absolute atomic E-state index is 10.9. The quantitative estimate of drug-likeness (QED) is 0.646. The number of hydrogen-bond acceptors (Lipinski definition) is 5. The molecule has 2 rings (SSSR count). The molecule has 0 aliphatic heterocycles. The topological polar surface area (TPSA) is 84.6 Å². The number of methoxy groups -OCH3 is 1. The van der Waals surface area contributed by atoms with Gasteiger partial charge in [-0.15, -0.1) is 0 Å². The molecule has 0 aromatic heterocycles. The van der Waals surface area contributed by atoms with Gasteiger partial charge < -0.3 is 4.74 Å². The summed E-state index contributed by atoms with van der Waals surface area (Å²) in [5, 5.41) is 19.7. The summed E-state index contributed by atoms with van der Waals surface area (Å²) in [7, 11) is 1.60. The Hall–Kier alpha value is -2.60. The normalized spacial score (nSPS) is 10.1. The molecule has 0 spiro atoms. The Balaban J connectivity index is 2.24. The van der Waals surface area contributed by atoms with Gasteiger partial charge in [0.05, 0.1) is 12.0 Å². The maximum Gasteiger partial charge on any atom is 0.294 e. The number of ether oxygens (including phenoxy) is 1. The van der Waals surface area contributed by atoms with E-state index in [1.165, 1.54) is 12.1 Å². The van der Waals surface area contributed by atoms with Crippen molar-refractivity contribution in [3.8, 4) is 5.75 Å². The summed E-state index contributed by atoms with van der Waals surface area (Å²) in [6.07, 6.45) is 0.566. The molecule has 0 saturated heterocycles. The van der Waals surface area contributed by atoms with Crippen molar-refractivity contribution in [2.45, 2.75) is 6.42 Å². The van der Waals surface area contributed by atoms with Crippen LogP contribution in [0, 0.1) is 10.1 Å². The van der Waals surface area contributed by atoms with Crippen LogP contribution in [0.3, 0.4) is 0 Å². The van der Waals surface area contributed by atoms with E-state index in [1.54, 1.807) is 13.2 Å². The van der Waals surface area contributed by atoms with Gasteiger partial charge in [0.1, 0.15) is 11.4 Å². The molecule has 0 amide bonds. The highest BCUT2D eigenvalue weighted by Crippen LogP contribution is 2.26. The summed E-state index contributed by atoms with van der Waals surface area (Å²) in [5.74, 6) is 0.763. The lowest BCUT2D eigenvalue weighted by atomic mass is 10.0. The number of anilines is 1. The van der Waals surface area contributed by atoms with Crippen LogP contribution in [0.2, 0.25) is 0 Å². The van der Waals surface area contributed by atoms with Crippen LogP contribution in [0.4, 0.5) is 11.4 Å². The predicted octanol–water partition coefficient (Wildman–Crippen LogP) is 3.00. The Labute approximate surface area is 115 Å². The number of nitrogens with zero attached hydrogens (tertiary/aromatic N) is 1. The van der Waals surface area contributed by atoms with Gasteiger partial charge in [-0.3, -0.25) is 20.8 Å². The van der Waals surface area contributed by atoms with E-state index in [0.29, 0.717) is 6.42 Å². The smallest absolute Gasteiger partial charge is 0.294 e. The van der Waals surface area contributed by atoms with Crippen LogP contribution in [0.5, 0.6) is 5.75 Å². The van der Waals surface area contributed by atoms with Gasteiger partial charge in [-0.1, -0.05) is 18.2 Å². The standard InChI is InChI=1S/C14H14N2O4/c1-20-12-5-2-10(3-6-12)8-11-4-7-13(15-17)14(9-11)16(18)19/h2-7,9,15,17H,8H2,1H3. The minimum absolute atomic E-state index is 0.0773. The van der Waals surface area contributed by atoms with Crippen molar-refractivity contribution < 1.29 is 14.9 Å². The van der Waals surface area contributed by atoms with Crippen LogP contribution >= 0.6 is 0 Å². The molecule has 0 aliphatic rings. The second-order valence-electron chi connectivity index (χ2n) is 4.25. The number of rotatable bonds is 5. The first-order valence-electron chi connectivity index (χ1n) is 5.94. The van der Waals surface area contributed by atoms with Crippen LogP contribution in [-0.4, -0.2) is 17.2 Å². The van der Waals surface area contributed by atoms with E-state index >= 15 is 0 Å². The summed E-state index contributed by atoms with van der Waals surface area (Å²) in [6, 6.07) is 12.2. The van der Waals surface area contributed by atoms with Crippen LogP contribution in [-0.2, 0) is 6.42 Å². The van der Waals surface area contributed by atoms with Gasteiger partial charge in [0.15, 0.2) is 0 Å². The molecule has 2 N–H and O–H groups in total. The summed E-state index contributed by atoms with van der Waals surface area (Å²) in [6.45, 7) is 0. The average molecular weight is 274 g/mol. The Kier molecular flexibility index (Phi) is 4.17. The molecule has 0 fully saturated rings. The van der Waals surface area contributed by atoms with Crippen molar-refractivity contribution in [2.24, 2.45) is 0 Å². The molecule has 104 valence electrons. The number of nitrogens with one attached hydrogen (secondary N) is 1. The third-order valence-corrected chi connectivity index (χ3v) is 2.95. The van der Waals surface area contributed by atoms with Gasteiger partial charge in [-0.2, -0.15) is 0 Å². The monoisotopic (exact) mass is 274 g/mol. The number of hydrogen-bond donors (Lipinski definition) is 2. The summed E-state index contributed by atoms with van der Waals surface area (Å²) >= 11 is 0. The minimum Gasteiger partial charge on any atom is -0.497 e. The van der Waals surface area contributed by atoms with Crippen molar-refractivity contribution in [3.63, 3.8) is 0 Å². The summed E-state index contributed by atoms with van der Waals surface area (Å²) in [4.78, 5) is 10.4. The zero-order valence-corrected chi connectivity index (χ0v) is 10.9. The molecule has 0 atom stereocenters. The lowest BCUT2D eigenvalue weighted by molar-refractivity contribution is -0.384. The first-order chi connectivity index (χ1) is 9.63. The van der Waals surface area contributed by atoms with Crippen LogP contribution < -0.4 is 10.2 Å². The van der Waals surface area contributed by atoms with Crippen molar-refractivity contribution >= 4 is 11.4 Å². The number of benzene rings is 2. The van der Waals surface area contributed by atoms with Gasteiger partial charge >= 0.3 is 0 Å². The number of nitro groups is 1. The first kappa shape index (κ1) is 13.8. The Morgan fingerprint density at radius 2 is 1.85 bits per heavy atom. The van der Waals surface area contributed by atoms with E-state index in [2.05, 4.69) is 0 Å². The molecule has 2 aromatic rings. The predicted molar refractivity (Wildman–Crippen MR) is 74.3 cm³/mol. The second kappa shape index (κ2) is 6.03. The Bertz CT molecular complexity index is 611. The van der Waals surface area contributed by atoms with Gasteiger partial charge in [-0.05, 0) is 35.7 Å². The van der Waals surface area contributed by atoms with Crippen LogP contribution in [0.15, 0.2) is 42.5 Å². The van der Waals surface area contributed by atoms with Crippen molar-refractivity contribution in [1.82, 2.24) is 0 Å². The van der Waals surface area contributed by atoms with Crippen molar-refractivity contribution in [2.75, 3.05) is 12.6 Å². The van der Waals surface area contributed by atoms with E-state index in [-0.39, 0.29) is 11.4 Å². The average Bonchev–Trinajstić information content (AvgIpc) is 2.48. The lowest BCUT2D eigenvalue weighted by Gasteiger charge is -2.06. The zero-order valence-electron chi connectivity index (χ0n) is 10.9. The van der Waals surface area contributed by atoms with Gasteiger partial charge in [0, 0.05) is 6.07 Å². The van der Waals surface area contributed by atoms with E-state index in [1.807, 2.05) is 29.7 Å².